The topological polar surface area (TPSA) is 15.3 Å². The summed E-state index contributed by atoms with van der Waals surface area (Å²) in [5, 5.41) is 3.28. The van der Waals surface area contributed by atoms with Crippen molar-refractivity contribution in [2.24, 2.45) is 5.92 Å². The molecular weight excluding hydrogens is 227 g/mol. The summed E-state index contributed by atoms with van der Waals surface area (Å²) < 4.78 is 13.9. The minimum atomic E-state index is -0.0932. The van der Waals surface area contributed by atoms with Gasteiger partial charge in [-0.2, -0.15) is 0 Å². The average Bonchev–Trinajstić information content (AvgIpc) is 2.38. The molecule has 1 saturated heterocycles. The molecule has 2 rings (SSSR count). The number of nitrogens with zero attached hydrogens (tertiary/aromatic N) is 1. The van der Waals surface area contributed by atoms with Crippen LogP contribution in [0.5, 0.6) is 0 Å². The van der Waals surface area contributed by atoms with Gasteiger partial charge < -0.3 is 10.2 Å². The van der Waals surface area contributed by atoms with Gasteiger partial charge in [-0.15, -0.1) is 0 Å². The zero-order valence-corrected chi connectivity index (χ0v) is 11.4. The summed E-state index contributed by atoms with van der Waals surface area (Å²) in [5.74, 6) is 0.569. The lowest BCUT2D eigenvalue weighted by Crippen LogP contribution is -2.34. The van der Waals surface area contributed by atoms with Crippen molar-refractivity contribution in [1.82, 2.24) is 5.32 Å². The Hall–Kier alpha value is -1.09. The summed E-state index contributed by atoms with van der Waals surface area (Å²) in [6.07, 6.45) is 2.42. The lowest BCUT2D eigenvalue weighted by atomic mass is 9.99. The van der Waals surface area contributed by atoms with Crippen LogP contribution in [0.2, 0.25) is 0 Å². The van der Waals surface area contributed by atoms with E-state index in [0.29, 0.717) is 5.92 Å². The molecule has 0 radical (unpaired) electrons. The van der Waals surface area contributed by atoms with E-state index in [4.69, 9.17) is 0 Å². The number of rotatable bonds is 4. The van der Waals surface area contributed by atoms with Gasteiger partial charge in [-0.3, -0.25) is 0 Å². The second-order valence-electron chi connectivity index (χ2n) is 5.26. The van der Waals surface area contributed by atoms with Crippen LogP contribution in [0.1, 0.15) is 32.3 Å². The second-order valence-corrected chi connectivity index (χ2v) is 5.26. The molecule has 0 bridgehead atoms. The van der Waals surface area contributed by atoms with E-state index in [-0.39, 0.29) is 5.82 Å². The summed E-state index contributed by atoms with van der Waals surface area (Å²) in [5.41, 5.74) is 1.93. The summed E-state index contributed by atoms with van der Waals surface area (Å²) in [7, 11) is 0. The van der Waals surface area contributed by atoms with Crippen LogP contribution in [-0.4, -0.2) is 19.6 Å². The molecule has 1 heterocycles. The van der Waals surface area contributed by atoms with E-state index in [1.54, 1.807) is 6.07 Å². The fraction of sp³-hybridized carbons (Fsp3) is 0.600. The van der Waals surface area contributed by atoms with E-state index in [1.165, 1.54) is 6.42 Å². The Morgan fingerprint density at radius 3 is 3.00 bits per heavy atom. The molecule has 0 amide bonds. The largest absolute Gasteiger partial charge is 0.369 e. The van der Waals surface area contributed by atoms with Crippen LogP contribution in [0.4, 0.5) is 10.1 Å². The first kappa shape index (κ1) is 13.3. The van der Waals surface area contributed by atoms with Crippen molar-refractivity contribution in [1.29, 1.82) is 0 Å². The van der Waals surface area contributed by atoms with Crippen LogP contribution in [0.3, 0.4) is 0 Å². The number of hydrogen-bond donors (Lipinski definition) is 1. The first-order valence-corrected chi connectivity index (χ1v) is 6.94. The molecule has 1 fully saturated rings. The molecule has 1 N–H and O–H groups in total. The third-order valence-corrected chi connectivity index (χ3v) is 3.59. The van der Waals surface area contributed by atoms with Gasteiger partial charge in [-0.1, -0.05) is 19.9 Å². The monoisotopic (exact) mass is 250 g/mol. The molecule has 2 nitrogen and oxygen atoms in total. The van der Waals surface area contributed by atoms with Gasteiger partial charge >= 0.3 is 0 Å². The Kier molecular flexibility index (Phi) is 4.59. The number of halogens is 1. The maximum Gasteiger partial charge on any atom is 0.146 e. The number of piperidine rings is 1. The van der Waals surface area contributed by atoms with Crippen molar-refractivity contribution in [3.05, 3.63) is 29.6 Å². The maximum atomic E-state index is 13.9. The molecule has 0 aromatic heterocycles. The Balaban J connectivity index is 2.14. The van der Waals surface area contributed by atoms with Crippen molar-refractivity contribution in [2.75, 3.05) is 24.5 Å². The van der Waals surface area contributed by atoms with E-state index in [0.717, 1.165) is 43.9 Å². The maximum absolute atomic E-state index is 13.9. The molecule has 3 heteroatoms. The Morgan fingerprint density at radius 1 is 1.44 bits per heavy atom. The highest BCUT2D eigenvalue weighted by atomic mass is 19.1. The van der Waals surface area contributed by atoms with Crippen LogP contribution in [0, 0.1) is 11.7 Å². The van der Waals surface area contributed by atoms with Gasteiger partial charge in [-0.05, 0) is 43.0 Å². The highest BCUT2D eigenvalue weighted by Gasteiger charge is 2.19. The minimum absolute atomic E-state index is 0.0932. The summed E-state index contributed by atoms with van der Waals surface area (Å²) in [4.78, 5) is 2.19. The number of anilines is 1. The van der Waals surface area contributed by atoms with E-state index in [2.05, 4.69) is 24.1 Å². The van der Waals surface area contributed by atoms with E-state index in [9.17, 15) is 4.39 Å². The first-order chi connectivity index (χ1) is 8.70. The first-order valence-electron chi connectivity index (χ1n) is 6.94. The lowest BCUT2D eigenvalue weighted by Gasteiger charge is -2.33. The molecule has 100 valence electrons. The predicted octanol–water partition coefficient (Wildman–Crippen LogP) is 3.17. The standard InChI is InChI=1S/C15H23FN2/c1-3-17-10-13-6-7-14(16)15(9-13)18-8-4-5-12(2)11-18/h6-7,9,12,17H,3-5,8,10-11H2,1-2H3. The fourth-order valence-corrected chi connectivity index (χ4v) is 2.59. The van der Waals surface area contributed by atoms with E-state index in [1.807, 2.05) is 12.1 Å². The van der Waals surface area contributed by atoms with Crippen molar-refractivity contribution in [3.8, 4) is 0 Å². The summed E-state index contributed by atoms with van der Waals surface area (Å²) >= 11 is 0. The van der Waals surface area contributed by atoms with Gasteiger partial charge in [-0.25, -0.2) is 4.39 Å². The Labute approximate surface area is 109 Å². The van der Waals surface area contributed by atoms with Gasteiger partial charge in [0.25, 0.3) is 0 Å². The molecule has 0 aliphatic carbocycles. The summed E-state index contributed by atoms with van der Waals surface area (Å²) in [6, 6.07) is 5.46. The molecule has 0 spiro atoms. The quantitative estimate of drug-likeness (QED) is 0.883. The molecule has 1 aromatic rings. The number of hydrogen-bond acceptors (Lipinski definition) is 2. The van der Waals surface area contributed by atoms with Gasteiger partial charge in [0.05, 0.1) is 5.69 Å². The van der Waals surface area contributed by atoms with Gasteiger partial charge in [0.2, 0.25) is 0 Å². The van der Waals surface area contributed by atoms with Crippen LogP contribution < -0.4 is 10.2 Å². The zero-order chi connectivity index (χ0) is 13.0. The smallest absolute Gasteiger partial charge is 0.146 e. The van der Waals surface area contributed by atoms with E-state index < -0.39 is 0 Å². The molecule has 1 unspecified atom stereocenters. The molecule has 1 aliphatic heterocycles. The van der Waals surface area contributed by atoms with Crippen molar-refractivity contribution < 1.29 is 4.39 Å². The Bertz CT molecular complexity index is 392. The minimum Gasteiger partial charge on any atom is -0.369 e. The third kappa shape index (κ3) is 3.22. The van der Waals surface area contributed by atoms with Gasteiger partial charge in [0.1, 0.15) is 5.82 Å². The number of benzene rings is 1. The molecule has 1 aromatic carbocycles. The SMILES string of the molecule is CCNCc1ccc(F)c(N2CCCC(C)C2)c1. The lowest BCUT2D eigenvalue weighted by molar-refractivity contribution is 0.442. The van der Waals surface area contributed by atoms with Crippen LogP contribution in [0.25, 0.3) is 0 Å². The van der Waals surface area contributed by atoms with Crippen molar-refractivity contribution in [3.63, 3.8) is 0 Å². The molecule has 1 atom stereocenters. The van der Waals surface area contributed by atoms with Gasteiger partial charge in [0.15, 0.2) is 0 Å². The van der Waals surface area contributed by atoms with Gasteiger partial charge in [0, 0.05) is 19.6 Å². The van der Waals surface area contributed by atoms with Crippen LogP contribution in [0.15, 0.2) is 18.2 Å². The van der Waals surface area contributed by atoms with E-state index >= 15 is 0 Å². The zero-order valence-electron chi connectivity index (χ0n) is 11.4. The molecule has 1 aliphatic rings. The highest BCUT2D eigenvalue weighted by Crippen LogP contribution is 2.26. The Morgan fingerprint density at radius 2 is 2.28 bits per heavy atom. The second kappa shape index (κ2) is 6.19. The normalized spacial score (nSPS) is 20.2. The molecule has 0 saturated carbocycles. The summed E-state index contributed by atoms with van der Waals surface area (Å²) in [6.45, 7) is 8.03. The van der Waals surface area contributed by atoms with Crippen molar-refractivity contribution in [2.45, 2.75) is 33.2 Å². The predicted molar refractivity (Wildman–Crippen MR) is 74.4 cm³/mol. The van der Waals surface area contributed by atoms with Crippen molar-refractivity contribution >= 4 is 5.69 Å². The van der Waals surface area contributed by atoms with Crippen LogP contribution in [-0.2, 0) is 6.54 Å². The average molecular weight is 250 g/mol. The third-order valence-electron chi connectivity index (χ3n) is 3.59. The highest BCUT2D eigenvalue weighted by molar-refractivity contribution is 5.50. The molecular formula is C15H23FN2. The molecule has 18 heavy (non-hydrogen) atoms. The fourth-order valence-electron chi connectivity index (χ4n) is 2.59. The number of nitrogens with one attached hydrogen (secondary N) is 1. The van der Waals surface area contributed by atoms with Crippen LogP contribution >= 0.6 is 0 Å².